The summed E-state index contributed by atoms with van der Waals surface area (Å²) in [4.78, 5) is 38.2. The van der Waals surface area contributed by atoms with Gasteiger partial charge in [-0.15, -0.1) is 0 Å². The van der Waals surface area contributed by atoms with Crippen LogP contribution < -0.4 is 10.6 Å². The predicted octanol–water partition coefficient (Wildman–Crippen LogP) is 4.36. The number of hydrogen-bond donors (Lipinski definition) is 3. The molecule has 2 atom stereocenters. The number of hydrogen-bond acceptors (Lipinski definition) is 3. The van der Waals surface area contributed by atoms with Crippen LogP contribution in [-0.4, -0.2) is 28.9 Å². The average molecular weight is 471 g/mol. The Labute approximate surface area is 205 Å². The number of carboxylic acids is 1. The van der Waals surface area contributed by atoms with E-state index in [1.165, 1.54) is 5.56 Å². The van der Waals surface area contributed by atoms with Crippen LogP contribution in [0.4, 0.5) is 0 Å². The standard InChI is InChI=1S/C29H30N2O4/c32-26(33)19-18-25(28(34)30-24-17-9-15-20-10-7-8-16-23(20)24)31-29(35)27(21-11-3-1-4-12-21)22-13-5-2-6-14-22/h1-8,10-14,16,24-25,27H,9,15,17-19H2,(H,30,34)(H,31,35)(H,32,33)/t24-,25-/m1/s1. The zero-order valence-electron chi connectivity index (χ0n) is 19.5. The van der Waals surface area contributed by atoms with Gasteiger partial charge in [0, 0.05) is 6.42 Å². The van der Waals surface area contributed by atoms with Gasteiger partial charge in [0.1, 0.15) is 6.04 Å². The molecule has 1 aliphatic rings. The van der Waals surface area contributed by atoms with Crippen molar-refractivity contribution >= 4 is 17.8 Å². The Hall–Kier alpha value is -3.93. The molecule has 0 saturated carbocycles. The molecule has 0 aromatic heterocycles. The summed E-state index contributed by atoms with van der Waals surface area (Å²) in [5.74, 6) is -2.33. The van der Waals surface area contributed by atoms with Gasteiger partial charge in [-0.3, -0.25) is 14.4 Å². The number of nitrogens with one attached hydrogen (secondary N) is 2. The lowest BCUT2D eigenvalue weighted by Gasteiger charge is -2.29. The molecule has 0 fully saturated rings. The van der Waals surface area contributed by atoms with Gasteiger partial charge in [-0.1, -0.05) is 84.9 Å². The lowest BCUT2D eigenvalue weighted by atomic mass is 9.87. The van der Waals surface area contributed by atoms with Gasteiger partial charge in [0.05, 0.1) is 12.0 Å². The summed E-state index contributed by atoms with van der Waals surface area (Å²) in [6.07, 6.45) is 2.52. The van der Waals surface area contributed by atoms with Gasteiger partial charge in [-0.05, 0) is 47.9 Å². The van der Waals surface area contributed by atoms with Crippen molar-refractivity contribution in [1.29, 1.82) is 0 Å². The fourth-order valence-electron chi connectivity index (χ4n) is 4.75. The smallest absolute Gasteiger partial charge is 0.303 e. The van der Waals surface area contributed by atoms with E-state index in [0.29, 0.717) is 0 Å². The molecule has 2 amide bonds. The maximum atomic E-state index is 13.6. The highest BCUT2D eigenvalue weighted by atomic mass is 16.4. The van der Waals surface area contributed by atoms with E-state index in [9.17, 15) is 19.5 Å². The van der Waals surface area contributed by atoms with E-state index in [1.54, 1.807) is 0 Å². The van der Waals surface area contributed by atoms with E-state index in [1.807, 2.05) is 78.9 Å². The lowest BCUT2D eigenvalue weighted by Crippen LogP contribution is -2.49. The predicted molar refractivity (Wildman–Crippen MR) is 134 cm³/mol. The molecule has 0 aliphatic heterocycles. The van der Waals surface area contributed by atoms with E-state index in [4.69, 9.17) is 0 Å². The van der Waals surface area contributed by atoms with Crippen LogP contribution in [0.3, 0.4) is 0 Å². The van der Waals surface area contributed by atoms with Gasteiger partial charge < -0.3 is 15.7 Å². The number of rotatable bonds is 9. The molecule has 1 aliphatic carbocycles. The highest BCUT2D eigenvalue weighted by Gasteiger charge is 2.30. The van der Waals surface area contributed by atoms with Crippen LogP contribution in [0.15, 0.2) is 84.9 Å². The molecule has 0 unspecified atom stereocenters. The minimum atomic E-state index is -1.01. The number of aliphatic carboxylic acids is 1. The second-order valence-electron chi connectivity index (χ2n) is 8.90. The van der Waals surface area contributed by atoms with Crippen molar-refractivity contribution in [2.24, 2.45) is 0 Å². The summed E-state index contributed by atoms with van der Waals surface area (Å²) in [6, 6.07) is 25.7. The van der Waals surface area contributed by atoms with Crippen LogP contribution in [0, 0.1) is 0 Å². The summed E-state index contributed by atoms with van der Waals surface area (Å²) >= 11 is 0. The van der Waals surface area contributed by atoms with Crippen LogP contribution in [0.5, 0.6) is 0 Å². The highest BCUT2D eigenvalue weighted by Crippen LogP contribution is 2.30. The highest BCUT2D eigenvalue weighted by molar-refractivity contribution is 5.92. The first-order valence-corrected chi connectivity index (χ1v) is 12.0. The normalized spacial score (nSPS) is 15.6. The van der Waals surface area contributed by atoms with E-state index < -0.39 is 17.9 Å². The lowest BCUT2D eigenvalue weighted by molar-refractivity contribution is -0.138. The molecule has 0 saturated heterocycles. The Morgan fingerprint density at radius 2 is 1.43 bits per heavy atom. The molecule has 6 nitrogen and oxygen atoms in total. The molecule has 4 rings (SSSR count). The van der Waals surface area contributed by atoms with Gasteiger partial charge >= 0.3 is 5.97 Å². The zero-order chi connectivity index (χ0) is 24.6. The summed E-state index contributed by atoms with van der Waals surface area (Å²) in [5, 5.41) is 15.2. The SMILES string of the molecule is O=C(O)CC[C@@H](NC(=O)C(c1ccccc1)c1ccccc1)C(=O)N[C@@H]1CCCc2ccccc21. The third-order valence-electron chi connectivity index (χ3n) is 6.49. The Bertz CT molecular complexity index is 1120. The Morgan fingerprint density at radius 3 is 2.06 bits per heavy atom. The van der Waals surface area contributed by atoms with Crippen LogP contribution >= 0.6 is 0 Å². The van der Waals surface area contributed by atoms with Crippen LogP contribution in [0.2, 0.25) is 0 Å². The number of fused-ring (bicyclic) bond motifs is 1. The van der Waals surface area contributed by atoms with Gasteiger partial charge in [0.15, 0.2) is 0 Å². The van der Waals surface area contributed by atoms with Crippen molar-refractivity contribution in [2.45, 2.75) is 50.1 Å². The van der Waals surface area contributed by atoms with Gasteiger partial charge in [-0.25, -0.2) is 0 Å². The molecule has 0 spiro atoms. The maximum absolute atomic E-state index is 13.6. The van der Waals surface area contributed by atoms with E-state index >= 15 is 0 Å². The van der Waals surface area contributed by atoms with Crippen LogP contribution in [0.1, 0.15) is 59.9 Å². The third kappa shape index (κ3) is 6.15. The Balaban J connectivity index is 1.56. The maximum Gasteiger partial charge on any atom is 0.303 e. The molecule has 0 bridgehead atoms. The minimum absolute atomic E-state index is 0.0115. The molecule has 6 heteroatoms. The first-order chi connectivity index (χ1) is 17.0. The summed E-state index contributed by atoms with van der Waals surface area (Å²) in [5.41, 5.74) is 3.90. The number of carbonyl (C=O) groups excluding carboxylic acids is 2. The van der Waals surface area contributed by atoms with Crippen LogP contribution in [-0.2, 0) is 20.8 Å². The van der Waals surface area contributed by atoms with Crippen molar-refractivity contribution in [3.8, 4) is 0 Å². The number of aryl methyl sites for hydroxylation is 1. The molecule has 3 aromatic rings. The summed E-state index contributed by atoms with van der Waals surface area (Å²) in [6.45, 7) is 0. The van der Waals surface area contributed by atoms with Crippen molar-refractivity contribution in [3.05, 3.63) is 107 Å². The van der Waals surface area contributed by atoms with Crippen molar-refractivity contribution in [1.82, 2.24) is 10.6 Å². The van der Waals surface area contributed by atoms with E-state index in [2.05, 4.69) is 16.7 Å². The monoisotopic (exact) mass is 470 g/mol. The fraction of sp³-hybridized carbons (Fsp3) is 0.276. The molecule has 3 N–H and O–H groups in total. The topological polar surface area (TPSA) is 95.5 Å². The number of carbonyl (C=O) groups is 3. The zero-order valence-corrected chi connectivity index (χ0v) is 19.5. The van der Waals surface area contributed by atoms with Gasteiger partial charge in [0.25, 0.3) is 0 Å². The Morgan fingerprint density at radius 1 is 0.829 bits per heavy atom. The quantitative estimate of drug-likeness (QED) is 0.433. The fourth-order valence-corrected chi connectivity index (χ4v) is 4.75. The molecule has 0 radical (unpaired) electrons. The average Bonchev–Trinajstić information content (AvgIpc) is 2.88. The minimum Gasteiger partial charge on any atom is -0.481 e. The molecule has 3 aromatic carbocycles. The first kappa shape index (κ1) is 24.2. The van der Waals surface area contributed by atoms with Crippen LogP contribution in [0.25, 0.3) is 0 Å². The molecule has 35 heavy (non-hydrogen) atoms. The number of benzene rings is 3. The van der Waals surface area contributed by atoms with Gasteiger partial charge in [0.2, 0.25) is 11.8 Å². The number of amides is 2. The second-order valence-corrected chi connectivity index (χ2v) is 8.90. The second kappa shape index (κ2) is 11.5. The molecular formula is C29H30N2O4. The third-order valence-corrected chi connectivity index (χ3v) is 6.49. The molecular weight excluding hydrogens is 440 g/mol. The largest absolute Gasteiger partial charge is 0.481 e. The summed E-state index contributed by atoms with van der Waals surface area (Å²) in [7, 11) is 0. The van der Waals surface area contributed by atoms with Crippen molar-refractivity contribution < 1.29 is 19.5 Å². The number of carboxylic acid groups (broad SMARTS) is 1. The Kier molecular flexibility index (Phi) is 7.93. The van der Waals surface area contributed by atoms with Crippen molar-refractivity contribution in [3.63, 3.8) is 0 Å². The van der Waals surface area contributed by atoms with E-state index in [0.717, 1.165) is 36.0 Å². The first-order valence-electron chi connectivity index (χ1n) is 12.0. The molecule has 180 valence electrons. The van der Waals surface area contributed by atoms with Crippen molar-refractivity contribution in [2.75, 3.05) is 0 Å². The van der Waals surface area contributed by atoms with E-state index in [-0.39, 0.29) is 30.7 Å². The molecule has 0 heterocycles. The van der Waals surface area contributed by atoms with Gasteiger partial charge in [-0.2, -0.15) is 0 Å². The summed E-state index contributed by atoms with van der Waals surface area (Å²) < 4.78 is 0.